The maximum absolute atomic E-state index is 12.7. The van der Waals surface area contributed by atoms with Crippen molar-refractivity contribution < 1.29 is 14.3 Å². The van der Waals surface area contributed by atoms with Gasteiger partial charge in [-0.3, -0.25) is 9.59 Å². The molecule has 1 fully saturated rings. The van der Waals surface area contributed by atoms with Crippen LogP contribution >= 0.6 is 0 Å². The number of anilines is 3. The number of amides is 2. The fraction of sp³-hybridized carbons (Fsp3) is 0.333. The molecule has 0 aromatic heterocycles. The maximum Gasteiger partial charge on any atom is 0.229 e. The molecule has 1 atom stereocenters. The molecule has 27 heavy (non-hydrogen) atoms. The number of ether oxygens (including phenoxy) is 1. The largest absolute Gasteiger partial charge is 0.495 e. The summed E-state index contributed by atoms with van der Waals surface area (Å²) in [6, 6.07) is 9.21. The highest BCUT2D eigenvalue weighted by atomic mass is 16.5. The van der Waals surface area contributed by atoms with Gasteiger partial charge in [0.2, 0.25) is 11.8 Å². The topological polar surface area (TPSA) is 84.7 Å². The third-order valence-corrected chi connectivity index (χ3v) is 4.90. The molecule has 0 saturated carbocycles. The summed E-state index contributed by atoms with van der Waals surface area (Å²) in [5.74, 6) is -0.0567. The second kappa shape index (κ2) is 7.31. The second-order valence-electron chi connectivity index (χ2n) is 7.10. The summed E-state index contributed by atoms with van der Waals surface area (Å²) in [4.78, 5) is 27.0. The highest BCUT2D eigenvalue weighted by Gasteiger charge is 2.36. The van der Waals surface area contributed by atoms with Crippen LogP contribution in [-0.4, -0.2) is 25.5 Å². The zero-order chi connectivity index (χ0) is 19.7. The highest BCUT2D eigenvalue weighted by Crippen LogP contribution is 2.32. The zero-order valence-electron chi connectivity index (χ0n) is 16.1. The lowest BCUT2D eigenvalue weighted by Crippen LogP contribution is -2.29. The van der Waals surface area contributed by atoms with Gasteiger partial charge in [-0.25, -0.2) is 0 Å². The van der Waals surface area contributed by atoms with E-state index in [-0.39, 0.29) is 18.2 Å². The van der Waals surface area contributed by atoms with Gasteiger partial charge in [0.1, 0.15) is 5.75 Å². The average molecular weight is 367 g/mol. The molecule has 3 N–H and O–H groups in total. The second-order valence-corrected chi connectivity index (χ2v) is 7.10. The Morgan fingerprint density at radius 3 is 2.44 bits per heavy atom. The molecule has 1 heterocycles. The smallest absolute Gasteiger partial charge is 0.229 e. The van der Waals surface area contributed by atoms with Gasteiger partial charge in [-0.15, -0.1) is 0 Å². The number of aryl methyl sites for hydroxylation is 3. The Morgan fingerprint density at radius 1 is 1.19 bits per heavy atom. The van der Waals surface area contributed by atoms with E-state index in [9.17, 15) is 9.59 Å². The van der Waals surface area contributed by atoms with Crippen LogP contribution in [-0.2, 0) is 9.59 Å². The third-order valence-electron chi connectivity index (χ3n) is 4.90. The van der Waals surface area contributed by atoms with Crippen LogP contribution in [0.15, 0.2) is 30.3 Å². The molecule has 2 aromatic carbocycles. The number of rotatable bonds is 4. The summed E-state index contributed by atoms with van der Waals surface area (Å²) in [6.07, 6.45) is 0.199. The van der Waals surface area contributed by atoms with Crippen molar-refractivity contribution in [3.05, 3.63) is 47.0 Å². The predicted octanol–water partition coefficient (Wildman–Crippen LogP) is 3.19. The Balaban J connectivity index is 1.75. The molecule has 2 aromatic rings. The summed E-state index contributed by atoms with van der Waals surface area (Å²) in [7, 11) is 1.54. The van der Waals surface area contributed by atoms with E-state index in [0.29, 0.717) is 23.7 Å². The van der Waals surface area contributed by atoms with Gasteiger partial charge in [0.25, 0.3) is 0 Å². The van der Waals surface area contributed by atoms with Crippen molar-refractivity contribution in [2.45, 2.75) is 27.2 Å². The molecule has 0 aliphatic carbocycles. The fourth-order valence-electron chi connectivity index (χ4n) is 3.75. The molecule has 1 aliphatic heterocycles. The van der Waals surface area contributed by atoms with Crippen LogP contribution in [0.5, 0.6) is 5.75 Å². The van der Waals surface area contributed by atoms with E-state index in [1.165, 1.54) is 7.11 Å². The van der Waals surface area contributed by atoms with Gasteiger partial charge in [-0.05, 0) is 50.1 Å². The predicted molar refractivity (Wildman–Crippen MR) is 107 cm³/mol. The first kappa shape index (κ1) is 18.8. The molecule has 6 heteroatoms. The molecular formula is C21H25N3O3. The van der Waals surface area contributed by atoms with E-state index in [2.05, 4.69) is 17.4 Å². The van der Waals surface area contributed by atoms with Gasteiger partial charge in [-0.2, -0.15) is 0 Å². The van der Waals surface area contributed by atoms with Crippen molar-refractivity contribution in [2.75, 3.05) is 29.6 Å². The van der Waals surface area contributed by atoms with Crippen LogP contribution in [0.1, 0.15) is 23.1 Å². The minimum Gasteiger partial charge on any atom is -0.495 e. The number of nitrogens with two attached hydrogens (primary N) is 1. The van der Waals surface area contributed by atoms with Gasteiger partial charge >= 0.3 is 0 Å². The van der Waals surface area contributed by atoms with Gasteiger partial charge in [-0.1, -0.05) is 17.7 Å². The number of hydrogen-bond acceptors (Lipinski definition) is 4. The van der Waals surface area contributed by atoms with Crippen molar-refractivity contribution in [1.29, 1.82) is 0 Å². The molecule has 3 rings (SSSR count). The molecule has 2 amide bonds. The van der Waals surface area contributed by atoms with Gasteiger partial charge in [0.05, 0.1) is 18.7 Å². The first-order valence-electron chi connectivity index (χ1n) is 8.92. The fourth-order valence-corrected chi connectivity index (χ4v) is 3.75. The number of carbonyl (C=O) groups is 2. The summed E-state index contributed by atoms with van der Waals surface area (Å²) in [5, 5.41) is 2.85. The van der Waals surface area contributed by atoms with E-state index in [1.54, 1.807) is 23.1 Å². The number of nitrogen functional groups attached to an aromatic ring is 1. The quantitative estimate of drug-likeness (QED) is 0.813. The number of nitrogens with zero attached hydrogens (tertiary/aromatic N) is 1. The maximum atomic E-state index is 12.7. The lowest BCUT2D eigenvalue weighted by atomic mass is 10.0. The lowest BCUT2D eigenvalue weighted by Gasteiger charge is -2.22. The zero-order valence-corrected chi connectivity index (χ0v) is 16.1. The Morgan fingerprint density at radius 2 is 1.85 bits per heavy atom. The van der Waals surface area contributed by atoms with Crippen molar-refractivity contribution in [2.24, 2.45) is 5.92 Å². The standard InChI is InChI=1S/C21H25N3O3/c1-12-7-13(2)20(14(3)8-12)24-11-15(9-19(24)25)21(26)23-16-5-6-18(27-4)17(22)10-16/h5-8,10,15H,9,11,22H2,1-4H3,(H,23,26). The van der Waals surface area contributed by atoms with Crippen LogP contribution in [0.25, 0.3) is 0 Å². The van der Waals surface area contributed by atoms with E-state index in [1.807, 2.05) is 20.8 Å². The third kappa shape index (κ3) is 3.74. The first-order valence-corrected chi connectivity index (χ1v) is 8.92. The summed E-state index contributed by atoms with van der Waals surface area (Å²) in [6.45, 7) is 6.40. The Bertz CT molecular complexity index is 885. The van der Waals surface area contributed by atoms with Crippen LogP contribution < -0.4 is 20.7 Å². The number of hydrogen-bond donors (Lipinski definition) is 2. The molecule has 0 spiro atoms. The monoisotopic (exact) mass is 367 g/mol. The molecule has 1 aliphatic rings. The molecular weight excluding hydrogens is 342 g/mol. The minimum atomic E-state index is -0.402. The summed E-state index contributed by atoms with van der Waals surface area (Å²) < 4.78 is 5.12. The van der Waals surface area contributed by atoms with Gasteiger partial charge < -0.3 is 20.7 Å². The van der Waals surface area contributed by atoms with Crippen molar-refractivity contribution in [1.82, 2.24) is 0 Å². The Kier molecular flexibility index (Phi) is 5.08. The van der Waals surface area contributed by atoms with Crippen LogP contribution in [0, 0.1) is 26.7 Å². The van der Waals surface area contributed by atoms with E-state index < -0.39 is 5.92 Å². The van der Waals surface area contributed by atoms with Crippen molar-refractivity contribution >= 4 is 28.9 Å². The number of carbonyl (C=O) groups excluding carboxylic acids is 2. The molecule has 142 valence electrons. The summed E-state index contributed by atoms with van der Waals surface area (Å²) in [5.41, 5.74) is 11.1. The van der Waals surface area contributed by atoms with E-state index in [4.69, 9.17) is 10.5 Å². The summed E-state index contributed by atoms with van der Waals surface area (Å²) >= 11 is 0. The number of benzene rings is 2. The number of methoxy groups -OCH3 is 1. The average Bonchev–Trinajstić information content (AvgIpc) is 2.96. The van der Waals surface area contributed by atoms with Crippen LogP contribution in [0.3, 0.4) is 0 Å². The molecule has 0 radical (unpaired) electrons. The van der Waals surface area contributed by atoms with Crippen LogP contribution in [0.4, 0.5) is 17.1 Å². The van der Waals surface area contributed by atoms with E-state index >= 15 is 0 Å². The van der Waals surface area contributed by atoms with Gasteiger partial charge in [0.15, 0.2) is 0 Å². The van der Waals surface area contributed by atoms with E-state index in [0.717, 1.165) is 22.4 Å². The SMILES string of the molecule is COc1ccc(NC(=O)C2CC(=O)N(c3c(C)cc(C)cc3C)C2)cc1N. The lowest BCUT2D eigenvalue weighted by molar-refractivity contribution is -0.122. The van der Waals surface area contributed by atoms with Crippen molar-refractivity contribution in [3.63, 3.8) is 0 Å². The highest BCUT2D eigenvalue weighted by molar-refractivity contribution is 6.04. The Labute approximate surface area is 159 Å². The molecule has 1 saturated heterocycles. The molecule has 6 nitrogen and oxygen atoms in total. The molecule has 1 unspecified atom stereocenters. The Hall–Kier alpha value is -3.02. The first-order chi connectivity index (χ1) is 12.8. The molecule has 0 bridgehead atoms. The van der Waals surface area contributed by atoms with Crippen molar-refractivity contribution in [3.8, 4) is 5.75 Å². The van der Waals surface area contributed by atoms with Crippen LogP contribution in [0.2, 0.25) is 0 Å². The minimum absolute atomic E-state index is 0.0283. The number of nitrogens with one attached hydrogen (secondary N) is 1. The van der Waals surface area contributed by atoms with Gasteiger partial charge in [0, 0.05) is 24.3 Å². The normalized spacial score (nSPS) is 16.5.